The van der Waals surface area contributed by atoms with E-state index >= 15 is 0 Å². The van der Waals surface area contributed by atoms with E-state index in [1.54, 1.807) is 0 Å². The monoisotopic (exact) mass is 424 g/mol. The van der Waals surface area contributed by atoms with Gasteiger partial charge in [-0.1, -0.05) is 10.1 Å². The van der Waals surface area contributed by atoms with Gasteiger partial charge in [-0.3, -0.25) is 28.9 Å². The second-order valence-electron chi connectivity index (χ2n) is 5.87. The van der Waals surface area contributed by atoms with Crippen molar-refractivity contribution in [3.05, 3.63) is 69.8 Å². The van der Waals surface area contributed by atoms with Crippen molar-refractivity contribution < 1.29 is 51.2 Å². The van der Waals surface area contributed by atoms with E-state index < -0.39 is 75.3 Å². The first-order chi connectivity index (χ1) is 14.1. The Morgan fingerprint density at radius 1 is 0.567 bits per heavy atom. The summed E-state index contributed by atoms with van der Waals surface area (Å²) in [6.07, 6.45) is -1.94. The molecule has 0 bridgehead atoms. The summed E-state index contributed by atoms with van der Waals surface area (Å²) in [6.45, 7) is 0. The largest absolute Gasteiger partial charge is 0.560 e. The van der Waals surface area contributed by atoms with Gasteiger partial charge in [0, 0.05) is 0 Å². The summed E-state index contributed by atoms with van der Waals surface area (Å²) in [5.41, 5.74) is -2.45. The normalized spacial score (nSPS) is 14.9. The highest BCUT2D eigenvalue weighted by Crippen LogP contribution is 2.28. The highest BCUT2D eigenvalue weighted by molar-refractivity contribution is 6.22. The van der Waals surface area contributed by atoms with Crippen LogP contribution in [-0.4, -0.2) is 39.9 Å². The molecular formula is C17H4F4N2O7. The molecule has 0 fully saturated rings. The van der Waals surface area contributed by atoms with E-state index in [9.17, 15) is 41.5 Å². The van der Waals surface area contributed by atoms with Crippen molar-refractivity contribution in [1.82, 2.24) is 10.1 Å². The molecule has 2 aliphatic rings. The Kier molecular flexibility index (Phi) is 4.04. The average Bonchev–Trinajstić information content (AvgIpc) is 3.04. The summed E-state index contributed by atoms with van der Waals surface area (Å²) in [7, 11) is 0. The zero-order valence-electron chi connectivity index (χ0n) is 14.1. The molecule has 2 aromatic rings. The zero-order valence-corrected chi connectivity index (χ0v) is 14.1. The van der Waals surface area contributed by atoms with Gasteiger partial charge in [0.05, 0.1) is 22.3 Å². The zero-order chi connectivity index (χ0) is 21.9. The molecule has 2 aliphatic heterocycles. The van der Waals surface area contributed by atoms with Crippen LogP contribution in [0.15, 0.2) is 24.3 Å². The maximum Gasteiger partial charge on any atom is 0.560 e. The number of carbonyl (C=O) groups is 5. The van der Waals surface area contributed by atoms with E-state index in [0.717, 1.165) is 0 Å². The van der Waals surface area contributed by atoms with Gasteiger partial charge < -0.3 is 0 Å². The van der Waals surface area contributed by atoms with Crippen LogP contribution in [-0.2, 0) is 9.68 Å². The summed E-state index contributed by atoms with van der Waals surface area (Å²) in [4.78, 5) is 68.9. The van der Waals surface area contributed by atoms with Crippen molar-refractivity contribution in [2.45, 2.75) is 0 Å². The lowest BCUT2D eigenvalue weighted by Crippen LogP contribution is -2.38. The first-order valence-electron chi connectivity index (χ1n) is 7.75. The molecule has 152 valence electrons. The topological polar surface area (TPSA) is 110 Å². The molecule has 0 unspecified atom stereocenters. The second-order valence-corrected chi connectivity index (χ2v) is 5.87. The molecule has 0 saturated carbocycles. The molecule has 2 heterocycles. The van der Waals surface area contributed by atoms with Crippen LogP contribution in [0.2, 0.25) is 0 Å². The molecule has 2 aromatic carbocycles. The van der Waals surface area contributed by atoms with Gasteiger partial charge in [0.25, 0.3) is 23.6 Å². The Morgan fingerprint density at radius 2 is 0.800 bits per heavy atom. The maximum atomic E-state index is 13.3. The van der Waals surface area contributed by atoms with Crippen molar-refractivity contribution in [3.8, 4) is 0 Å². The highest BCUT2D eigenvalue weighted by Gasteiger charge is 2.44. The van der Waals surface area contributed by atoms with Gasteiger partial charge in [-0.15, -0.1) is 0 Å². The summed E-state index contributed by atoms with van der Waals surface area (Å²) in [6, 6.07) is 1.64. The van der Waals surface area contributed by atoms with Crippen LogP contribution < -0.4 is 0 Å². The van der Waals surface area contributed by atoms with Gasteiger partial charge in [0.15, 0.2) is 23.3 Å². The van der Waals surface area contributed by atoms with E-state index in [4.69, 9.17) is 0 Å². The summed E-state index contributed by atoms with van der Waals surface area (Å²) >= 11 is 0. The molecule has 0 spiro atoms. The van der Waals surface area contributed by atoms with Gasteiger partial charge in [-0.25, -0.2) is 17.6 Å². The van der Waals surface area contributed by atoms with Gasteiger partial charge in [-0.05, 0) is 24.3 Å². The number of fused-ring (bicyclic) bond motifs is 2. The number of benzene rings is 2. The van der Waals surface area contributed by atoms with E-state index in [1.165, 1.54) is 0 Å². The van der Waals surface area contributed by atoms with Crippen molar-refractivity contribution in [2.24, 2.45) is 0 Å². The Hall–Kier alpha value is -4.29. The molecule has 0 atom stereocenters. The van der Waals surface area contributed by atoms with E-state index in [1.807, 2.05) is 0 Å². The Balaban J connectivity index is 1.52. The highest BCUT2D eigenvalue weighted by atomic mass is 19.2. The number of rotatable bonds is 2. The minimum Gasteiger partial charge on any atom is -0.293 e. The first kappa shape index (κ1) is 19.0. The lowest BCUT2D eigenvalue weighted by molar-refractivity contribution is -0.121. The van der Waals surface area contributed by atoms with Crippen LogP contribution in [0, 0.1) is 23.3 Å². The van der Waals surface area contributed by atoms with E-state index in [2.05, 4.69) is 9.68 Å². The van der Waals surface area contributed by atoms with Gasteiger partial charge >= 0.3 is 6.16 Å². The molecule has 0 N–H and O–H groups in total. The van der Waals surface area contributed by atoms with Gasteiger partial charge in [0.1, 0.15) is 0 Å². The first-order valence-corrected chi connectivity index (χ1v) is 7.75. The van der Waals surface area contributed by atoms with Crippen LogP contribution in [0.5, 0.6) is 0 Å². The average molecular weight is 424 g/mol. The van der Waals surface area contributed by atoms with E-state index in [-0.39, 0.29) is 10.1 Å². The van der Waals surface area contributed by atoms with Crippen molar-refractivity contribution in [1.29, 1.82) is 0 Å². The van der Waals surface area contributed by atoms with E-state index in [0.29, 0.717) is 24.3 Å². The molecule has 4 amide bonds. The van der Waals surface area contributed by atoms with Gasteiger partial charge in [0.2, 0.25) is 0 Å². The molecule has 0 aliphatic carbocycles. The number of imide groups is 2. The molecular weight excluding hydrogens is 420 g/mol. The Labute approximate surface area is 161 Å². The number of carbonyl (C=O) groups excluding carboxylic acids is 5. The van der Waals surface area contributed by atoms with Crippen molar-refractivity contribution in [2.75, 3.05) is 0 Å². The van der Waals surface area contributed by atoms with Crippen molar-refractivity contribution in [3.63, 3.8) is 0 Å². The third kappa shape index (κ3) is 2.67. The molecule has 4 rings (SSSR count). The number of hydrogen-bond acceptors (Lipinski definition) is 7. The fourth-order valence-electron chi connectivity index (χ4n) is 2.76. The Bertz CT molecular complexity index is 1040. The number of hydroxylamine groups is 4. The molecule has 0 saturated heterocycles. The summed E-state index contributed by atoms with van der Waals surface area (Å²) in [5, 5.41) is -0.410. The minimum absolute atomic E-state index is 0.205. The number of amides is 4. The smallest absolute Gasteiger partial charge is 0.293 e. The number of hydrogen-bond donors (Lipinski definition) is 0. The molecule has 30 heavy (non-hydrogen) atoms. The molecule has 13 heteroatoms. The molecule has 0 radical (unpaired) electrons. The predicted molar refractivity (Wildman–Crippen MR) is 81.3 cm³/mol. The summed E-state index contributed by atoms with van der Waals surface area (Å²) in [5.74, 6) is -11.2. The second kappa shape index (κ2) is 6.37. The maximum absolute atomic E-state index is 13.3. The third-order valence-corrected chi connectivity index (χ3v) is 4.11. The lowest BCUT2D eigenvalue weighted by Gasteiger charge is -2.15. The Morgan fingerprint density at radius 3 is 1.03 bits per heavy atom. The standard InChI is InChI=1S/C17H4F4N2O7/c18-9-1-5-6(2-10(9)19)14(25)22(13(5)24)29-17(28)30-23-15(26)7-3-11(20)12(21)4-8(7)16(23)27/h1-4H. The predicted octanol–water partition coefficient (Wildman–Crippen LogP) is 2.12. The summed E-state index contributed by atoms with van der Waals surface area (Å²) < 4.78 is 53.1. The van der Waals surface area contributed by atoms with Crippen LogP contribution >= 0.6 is 0 Å². The van der Waals surface area contributed by atoms with Crippen LogP contribution in [0.4, 0.5) is 22.4 Å². The van der Waals surface area contributed by atoms with Crippen LogP contribution in [0.1, 0.15) is 41.4 Å². The SMILES string of the molecule is O=C(ON1C(=O)c2cc(F)c(F)cc2C1=O)ON1C(=O)c2cc(F)c(F)cc2C1=O. The quantitative estimate of drug-likeness (QED) is 0.537. The molecule has 0 aromatic heterocycles. The molecule has 9 nitrogen and oxygen atoms in total. The lowest BCUT2D eigenvalue weighted by atomic mass is 10.1. The minimum atomic E-state index is -1.94. The van der Waals surface area contributed by atoms with Crippen LogP contribution in [0.25, 0.3) is 0 Å². The van der Waals surface area contributed by atoms with Crippen molar-refractivity contribution >= 4 is 29.8 Å². The van der Waals surface area contributed by atoms with Gasteiger partial charge in [-0.2, -0.15) is 4.79 Å². The van der Waals surface area contributed by atoms with Crippen LogP contribution in [0.3, 0.4) is 0 Å². The number of halogens is 4. The fourth-order valence-corrected chi connectivity index (χ4v) is 2.76. The third-order valence-electron chi connectivity index (χ3n) is 4.11. The number of nitrogens with zero attached hydrogens (tertiary/aromatic N) is 2. The fraction of sp³-hybridized carbons (Fsp3) is 0.